The Balaban J connectivity index is 2.38. The Kier molecular flexibility index (Phi) is 2.92. The van der Waals surface area contributed by atoms with Crippen LogP contribution in [-0.4, -0.2) is 20.2 Å². The van der Waals surface area contributed by atoms with Crippen LogP contribution < -0.4 is 11.2 Å². The van der Waals surface area contributed by atoms with E-state index in [1.807, 2.05) is 9.97 Å². The highest BCUT2D eigenvalue weighted by atomic mass is 16.3. The Bertz CT molecular complexity index is 699. The fourth-order valence-electron chi connectivity index (χ4n) is 1.19. The molecule has 0 bridgehead atoms. The minimum absolute atomic E-state index is 0.0682. The van der Waals surface area contributed by atoms with Crippen molar-refractivity contribution in [2.75, 3.05) is 0 Å². The van der Waals surface area contributed by atoms with Crippen LogP contribution in [0, 0.1) is 0 Å². The highest BCUT2D eigenvalue weighted by Crippen LogP contribution is 2.21. The lowest BCUT2D eigenvalue weighted by Crippen LogP contribution is -2.20. The highest BCUT2D eigenvalue weighted by molar-refractivity contribution is 5.45. The molecule has 0 saturated heterocycles. The van der Waals surface area contributed by atoms with E-state index in [-0.39, 0.29) is 5.75 Å². The molecule has 0 aliphatic carbocycles. The number of hydrogen-bond donors (Lipinski definition) is 4. The van der Waals surface area contributed by atoms with Gasteiger partial charge in [-0.15, -0.1) is 5.11 Å². The van der Waals surface area contributed by atoms with Crippen LogP contribution in [0.2, 0.25) is 0 Å². The Morgan fingerprint density at radius 3 is 2.22 bits per heavy atom. The first-order chi connectivity index (χ1) is 8.56. The number of hydrogen-bond acceptors (Lipinski definition) is 6. The Morgan fingerprint density at radius 2 is 1.61 bits per heavy atom. The highest BCUT2D eigenvalue weighted by Gasteiger charge is 2.06. The lowest BCUT2D eigenvalue weighted by atomic mass is 10.3. The minimum atomic E-state index is -0.848. The molecule has 0 atom stereocenters. The Labute approximate surface area is 99.3 Å². The van der Waals surface area contributed by atoms with Crippen molar-refractivity contribution in [2.24, 2.45) is 10.2 Å². The summed E-state index contributed by atoms with van der Waals surface area (Å²) in [7, 11) is 0. The molecule has 8 nitrogen and oxygen atoms in total. The van der Waals surface area contributed by atoms with Crippen LogP contribution in [0.4, 0.5) is 11.4 Å². The molecule has 18 heavy (non-hydrogen) atoms. The van der Waals surface area contributed by atoms with Gasteiger partial charge in [-0.2, -0.15) is 5.11 Å². The molecule has 0 aliphatic rings. The van der Waals surface area contributed by atoms with Gasteiger partial charge < -0.3 is 10.2 Å². The standard InChI is InChI=1S/C10H8N4O4/c15-6-3-1-5(2-4-6)13-14-7-8(16)11-10(18)12-9(7)17/h1-4,15H,(H3,11,12,16,17,18). The Morgan fingerprint density at radius 1 is 0.944 bits per heavy atom. The summed E-state index contributed by atoms with van der Waals surface area (Å²) in [5, 5.41) is 25.6. The summed E-state index contributed by atoms with van der Waals surface area (Å²) in [4.78, 5) is 26.0. The van der Waals surface area contributed by atoms with Crippen molar-refractivity contribution >= 4 is 11.4 Å². The van der Waals surface area contributed by atoms with Crippen molar-refractivity contribution in [1.29, 1.82) is 0 Å². The van der Waals surface area contributed by atoms with E-state index in [1.165, 1.54) is 24.3 Å². The number of aromatic nitrogens is 2. The van der Waals surface area contributed by atoms with Crippen LogP contribution in [0.1, 0.15) is 0 Å². The normalized spacial score (nSPS) is 10.9. The quantitative estimate of drug-likeness (QED) is 0.587. The number of rotatable bonds is 2. The lowest BCUT2D eigenvalue weighted by molar-refractivity contribution is 0.450. The zero-order chi connectivity index (χ0) is 13.1. The molecule has 0 aliphatic heterocycles. The average molecular weight is 248 g/mol. The molecule has 4 N–H and O–H groups in total. The van der Waals surface area contributed by atoms with Crippen molar-refractivity contribution in [3.63, 3.8) is 0 Å². The second kappa shape index (κ2) is 4.53. The van der Waals surface area contributed by atoms with Gasteiger partial charge in [-0.3, -0.25) is 14.8 Å². The maximum absolute atomic E-state index is 11.3. The number of benzene rings is 1. The van der Waals surface area contributed by atoms with Crippen LogP contribution in [0.5, 0.6) is 11.6 Å². The summed E-state index contributed by atoms with van der Waals surface area (Å²) >= 11 is 0. The van der Waals surface area contributed by atoms with Gasteiger partial charge in [0.1, 0.15) is 5.75 Å². The van der Waals surface area contributed by atoms with Crippen molar-refractivity contribution in [2.45, 2.75) is 0 Å². The summed E-state index contributed by atoms with van der Waals surface area (Å²) in [5.74, 6) is -0.593. The molecule has 0 fully saturated rings. The van der Waals surface area contributed by atoms with Gasteiger partial charge in [0.15, 0.2) is 0 Å². The van der Waals surface area contributed by atoms with Crippen LogP contribution in [-0.2, 0) is 0 Å². The number of azo groups is 1. The average Bonchev–Trinajstić information content (AvgIpc) is 2.30. The zero-order valence-corrected chi connectivity index (χ0v) is 8.91. The number of nitrogens with zero attached hydrogens (tertiary/aromatic N) is 2. The van der Waals surface area contributed by atoms with Crippen LogP contribution in [0.3, 0.4) is 0 Å². The van der Waals surface area contributed by atoms with Gasteiger partial charge in [-0.25, -0.2) is 4.79 Å². The summed E-state index contributed by atoms with van der Waals surface area (Å²) in [5.41, 5.74) is -1.71. The third-order valence-corrected chi connectivity index (χ3v) is 2.01. The van der Waals surface area contributed by atoms with E-state index in [9.17, 15) is 14.7 Å². The fraction of sp³-hybridized carbons (Fsp3) is 0. The van der Waals surface area contributed by atoms with Gasteiger partial charge in [0.2, 0.25) is 11.6 Å². The number of aromatic amines is 2. The van der Waals surface area contributed by atoms with Gasteiger partial charge in [0, 0.05) is 0 Å². The molecule has 0 radical (unpaired) electrons. The van der Waals surface area contributed by atoms with Crippen molar-refractivity contribution in [1.82, 2.24) is 9.97 Å². The van der Waals surface area contributed by atoms with Crippen LogP contribution in [0.25, 0.3) is 0 Å². The van der Waals surface area contributed by atoms with Crippen molar-refractivity contribution in [3.8, 4) is 11.6 Å². The number of H-pyrrole nitrogens is 2. The molecule has 1 aromatic heterocycles. The van der Waals surface area contributed by atoms with E-state index in [0.29, 0.717) is 5.69 Å². The molecular weight excluding hydrogens is 240 g/mol. The van der Waals surface area contributed by atoms with Gasteiger partial charge in [0.05, 0.1) is 5.69 Å². The zero-order valence-electron chi connectivity index (χ0n) is 8.91. The van der Waals surface area contributed by atoms with Crippen LogP contribution >= 0.6 is 0 Å². The van der Waals surface area contributed by atoms with E-state index in [1.54, 1.807) is 0 Å². The third-order valence-electron chi connectivity index (χ3n) is 2.01. The van der Waals surface area contributed by atoms with E-state index in [0.717, 1.165) is 0 Å². The first-order valence-electron chi connectivity index (χ1n) is 4.82. The molecule has 8 heteroatoms. The predicted octanol–water partition coefficient (Wildman–Crippen LogP) is 0.890. The van der Waals surface area contributed by atoms with E-state index < -0.39 is 22.8 Å². The fourth-order valence-corrected chi connectivity index (χ4v) is 1.19. The van der Waals surface area contributed by atoms with Gasteiger partial charge in [-0.1, -0.05) is 0 Å². The molecule has 2 rings (SSSR count). The van der Waals surface area contributed by atoms with E-state index in [2.05, 4.69) is 10.2 Å². The maximum Gasteiger partial charge on any atom is 0.328 e. The van der Waals surface area contributed by atoms with Gasteiger partial charge >= 0.3 is 5.69 Å². The summed E-state index contributed by atoms with van der Waals surface area (Å²) in [6.45, 7) is 0. The van der Waals surface area contributed by atoms with E-state index >= 15 is 0 Å². The molecule has 1 heterocycles. The lowest BCUT2D eigenvalue weighted by Gasteiger charge is -1.95. The van der Waals surface area contributed by atoms with Crippen LogP contribution in [0.15, 0.2) is 44.1 Å². The molecule has 1 aromatic carbocycles. The molecule has 0 unspecified atom stereocenters. The number of phenolic OH excluding ortho intramolecular Hbond substituents is 1. The second-order valence-electron chi connectivity index (χ2n) is 3.32. The van der Waals surface area contributed by atoms with Gasteiger partial charge in [-0.05, 0) is 24.3 Å². The largest absolute Gasteiger partial charge is 0.508 e. The molecule has 2 aromatic rings. The third kappa shape index (κ3) is 2.43. The summed E-state index contributed by atoms with van der Waals surface area (Å²) in [6, 6.07) is 5.72. The topological polar surface area (TPSA) is 131 Å². The van der Waals surface area contributed by atoms with E-state index in [4.69, 9.17) is 5.11 Å². The number of phenols is 1. The smallest absolute Gasteiger partial charge is 0.328 e. The monoisotopic (exact) mass is 248 g/mol. The number of aromatic hydroxyl groups is 2. The molecule has 0 saturated carbocycles. The molecule has 0 spiro atoms. The Hall–Kier alpha value is -2.90. The predicted molar refractivity (Wildman–Crippen MR) is 61.6 cm³/mol. The second-order valence-corrected chi connectivity index (χ2v) is 3.32. The molecule has 0 amide bonds. The van der Waals surface area contributed by atoms with Crippen molar-refractivity contribution < 1.29 is 10.2 Å². The first kappa shape index (κ1) is 11.6. The SMILES string of the molecule is O=c1[nH]c(O)c(N=Nc2ccc(O)cc2)c(=O)[nH]1. The minimum Gasteiger partial charge on any atom is -0.508 e. The molecule has 92 valence electrons. The summed E-state index contributed by atoms with van der Waals surface area (Å²) < 4.78 is 0. The maximum atomic E-state index is 11.3. The molecular formula is C10H8N4O4. The van der Waals surface area contributed by atoms with Gasteiger partial charge in [0.25, 0.3) is 5.56 Å². The first-order valence-corrected chi connectivity index (χ1v) is 4.82. The van der Waals surface area contributed by atoms with Crippen molar-refractivity contribution in [3.05, 3.63) is 45.1 Å². The summed E-state index contributed by atoms with van der Waals surface area (Å²) in [6.07, 6.45) is 0. The number of nitrogens with one attached hydrogen (secondary N) is 2.